The summed E-state index contributed by atoms with van der Waals surface area (Å²) in [7, 11) is 0. The second-order valence-electron chi connectivity index (χ2n) is 5.87. The summed E-state index contributed by atoms with van der Waals surface area (Å²) >= 11 is 0. The zero-order valence-electron chi connectivity index (χ0n) is 13.8. The molecule has 4 N–H and O–H groups in total. The van der Waals surface area contributed by atoms with Gasteiger partial charge >= 0.3 is 6.03 Å². The Labute approximate surface area is 146 Å². The maximum absolute atomic E-state index is 11.9. The van der Waals surface area contributed by atoms with E-state index in [9.17, 15) is 9.90 Å². The summed E-state index contributed by atoms with van der Waals surface area (Å²) in [5, 5.41) is 19.0. The van der Waals surface area contributed by atoms with E-state index in [2.05, 4.69) is 20.9 Å². The maximum Gasteiger partial charge on any atom is 0.319 e. The average Bonchev–Trinajstić information content (AvgIpc) is 3.00. The van der Waals surface area contributed by atoms with E-state index in [1.165, 1.54) is 0 Å². The summed E-state index contributed by atoms with van der Waals surface area (Å²) < 4.78 is 5.59. The van der Waals surface area contributed by atoms with Crippen LogP contribution in [0.5, 0.6) is 0 Å². The van der Waals surface area contributed by atoms with Gasteiger partial charge in [0, 0.05) is 25.0 Å². The Balaban J connectivity index is 1.41. The number of para-hydroxylation sites is 1. The number of pyridine rings is 1. The third kappa shape index (κ3) is 4.99. The molecule has 2 aromatic rings. The molecule has 1 aliphatic rings. The van der Waals surface area contributed by atoms with Gasteiger partial charge in [0.05, 0.1) is 24.4 Å². The first-order valence-electron chi connectivity index (χ1n) is 8.25. The molecule has 3 atom stereocenters. The van der Waals surface area contributed by atoms with Crippen molar-refractivity contribution in [1.29, 1.82) is 0 Å². The van der Waals surface area contributed by atoms with Gasteiger partial charge in [-0.25, -0.2) is 4.79 Å². The summed E-state index contributed by atoms with van der Waals surface area (Å²) in [6.45, 7) is 1.18. The van der Waals surface area contributed by atoms with E-state index in [0.29, 0.717) is 18.8 Å². The first-order valence-corrected chi connectivity index (χ1v) is 8.25. The van der Waals surface area contributed by atoms with E-state index in [1.807, 2.05) is 36.4 Å². The molecule has 7 nitrogen and oxygen atoms in total. The second-order valence-corrected chi connectivity index (χ2v) is 5.87. The van der Waals surface area contributed by atoms with Gasteiger partial charge in [-0.3, -0.25) is 4.98 Å². The van der Waals surface area contributed by atoms with E-state index in [-0.39, 0.29) is 18.6 Å². The standard InChI is InChI=1S/C18H22N4O3/c23-17-15(20-10-14-8-4-5-9-19-14)12-25-16(17)11-21-18(24)22-13-6-2-1-3-7-13/h1-9,15-17,20,23H,10-12H2,(H2,21,22,24)/t15-,16-,17+/m1/s1. The van der Waals surface area contributed by atoms with Crippen molar-refractivity contribution in [3.05, 3.63) is 60.4 Å². The van der Waals surface area contributed by atoms with Gasteiger partial charge in [0.1, 0.15) is 6.10 Å². The number of carbonyl (C=O) groups is 1. The number of carbonyl (C=O) groups excluding carboxylic acids is 1. The fourth-order valence-corrected chi connectivity index (χ4v) is 2.67. The van der Waals surface area contributed by atoms with E-state index < -0.39 is 12.2 Å². The molecule has 132 valence electrons. The molecule has 3 rings (SSSR count). The fourth-order valence-electron chi connectivity index (χ4n) is 2.67. The van der Waals surface area contributed by atoms with Crippen LogP contribution in [0.3, 0.4) is 0 Å². The van der Waals surface area contributed by atoms with Gasteiger partial charge < -0.3 is 25.8 Å². The number of benzene rings is 1. The largest absolute Gasteiger partial charge is 0.389 e. The zero-order chi connectivity index (χ0) is 17.5. The third-order valence-corrected chi connectivity index (χ3v) is 4.05. The number of urea groups is 1. The van der Waals surface area contributed by atoms with Crippen molar-refractivity contribution >= 4 is 11.7 Å². The number of anilines is 1. The van der Waals surface area contributed by atoms with Gasteiger partial charge in [0.25, 0.3) is 0 Å². The summed E-state index contributed by atoms with van der Waals surface area (Å²) in [5.41, 5.74) is 1.61. The lowest BCUT2D eigenvalue weighted by Crippen LogP contribution is -2.45. The molecule has 1 aromatic heterocycles. The van der Waals surface area contributed by atoms with Crippen LogP contribution in [0, 0.1) is 0 Å². The van der Waals surface area contributed by atoms with Crippen LogP contribution in [0.15, 0.2) is 54.7 Å². The van der Waals surface area contributed by atoms with Gasteiger partial charge in [0.15, 0.2) is 0 Å². The number of ether oxygens (including phenoxy) is 1. The van der Waals surface area contributed by atoms with Crippen LogP contribution in [-0.4, -0.2) is 47.5 Å². The number of amides is 2. The molecular weight excluding hydrogens is 320 g/mol. The van der Waals surface area contributed by atoms with Crippen molar-refractivity contribution in [2.45, 2.75) is 24.8 Å². The molecule has 1 fully saturated rings. The molecule has 0 unspecified atom stereocenters. The summed E-state index contributed by atoms with van der Waals surface area (Å²) in [4.78, 5) is 16.1. The van der Waals surface area contributed by atoms with Crippen molar-refractivity contribution in [2.24, 2.45) is 0 Å². The fraction of sp³-hybridized carbons (Fsp3) is 0.333. The predicted octanol–water partition coefficient (Wildman–Crippen LogP) is 1.12. The Morgan fingerprint density at radius 2 is 2.00 bits per heavy atom. The molecule has 0 radical (unpaired) electrons. The van der Waals surface area contributed by atoms with Gasteiger partial charge in [-0.2, -0.15) is 0 Å². The van der Waals surface area contributed by atoms with E-state index in [4.69, 9.17) is 4.74 Å². The highest BCUT2D eigenvalue weighted by Gasteiger charge is 2.35. The molecule has 7 heteroatoms. The van der Waals surface area contributed by atoms with Crippen LogP contribution in [0.4, 0.5) is 10.5 Å². The predicted molar refractivity (Wildman–Crippen MR) is 94.1 cm³/mol. The van der Waals surface area contributed by atoms with E-state index in [0.717, 1.165) is 5.69 Å². The van der Waals surface area contributed by atoms with Crippen molar-refractivity contribution in [3.63, 3.8) is 0 Å². The maximum atomic E-state index is 11.9. The molecule has 0 aliphatic carbocycles. The number of nitrogens with one attached hydrogen (secondary N) is 3. The third-order valence-electron chi connectivity index (χ3n) is 4.05. The average molecular weight is 342 g/mol. The second kappa shape index (κ2) is 8.57. The summed E-state index contributed by atoms with van der Waals surface area (Å²) in [5.74, 6) is 0. The lowest BCUT2D eigenvalue weighted by Gasteiger charge is -2.19. The molecule has 0 spiro atoms. The lowest BCUT2D eigenvalue weighted by molar-refractivity contribution is 0.0428. The minimum atomic E-state index is -0.694. The van der Waals surface area contributed by atoms with Crippen molar-refractivity contribution < 1.29 is 14.6 Å². The van der Waals surface area contributed by atoms with E-state index >= 15 is 0 Å². The minimum absolute atomic E-state index is 0.189. The molecule has 25 heavy (non-hydrogen) atoms. The molecule has 1 aromatic carbocycles. The molecule has 1 aliphatic heterocycles. The highest BCUT2D eigenvalue weighted by atomic mass is 16.5. The normalized spacial score (nSPS) is 22.5. The van der Waals surface area contributed by atoms with Gasteiger partial charge in [-0.1, -0.05) is 24.3 Å². The van der Waals surface area contributed by atoms with Crippen LogP contribution in [0.1, 0.15) is 5.69 Å². The number of hydrogen-bond acceptors (Lipinski definition) is 5. The molecule has 0 saturated carbocycles. The molecule has 2 heterocycles. The number of aliphatic hydroxyl groups excluding tert-OH is 1. The quantitative estimate of drug-likeness (QED) is 0.631. The minimum Gasteiger partial charge on any atom is -0.389 e. The SMILES string of the molecule is O=C(NC[C@H]1OC[C@@H](NCc2ccccn2)[C@@H]1O)Nc1ccccc1. The van der Waals surface area contributed by atoms with Gasteiger partial charge in [0.2, 0.25) is 0 Å². The lowest BCUT2D eigenvalue weighted by atomic mass is 10.1. The van der Waals surface area contributed by atoms with Crippen LogP contribution in [-0.2, 0) is 11.3 Å². The van der Waals surface area contributed by atoms with Gasteiger partial charge in [-0.15, -0.1) is 0 Å². The monoisotopic (exact) mass is 342 g/mol. The Kier molecular flexibility index (Phi) is 5.95. The highest BCUT2D eigenvalue weighted by molar-refractivity contribution is 5.89. The van der Waals surface area contributed by atoms with Crippen LogP contribution >= 0.6 is 0 Å². The van der Waals surface area contributed by atoms with Crippen LogP contribution in [0.25, 0.3) is 0 Å². The molecule has 0 bridgehead atoms. The smallest absolute Gasteiger partial charge is 0.319 e. The van der Waals surface area contributed by atoms with Gasteiger partial charge in [-0.05, 0) is 24.3 Å². The molecule has 1 saturated heterocycles. The van der Waals surface area contributed by atoms with Crippen molar-refractivity contribution in [2.75, 3.05) is 18.5 Å². The summed E-state index contributed by atoms with van der Waals surface area (Å²) in [6.07, 6.45) is 0.597. The number of nitrogens with zero attached hydrogens (tertiary/aromatic N) is 1. The van der Waals surface area contributed by atoms with Crippen molar-refractivity contribution in [3.8, 4) is 0 Å². The molecule has 2 amide bonds. The number of hydrogen-bond donors (Lipinski definition) is 4. The first kappa shape index (κ1) is 17.3. The van der Waals surface area contributed by atoms with Crippen molar-refractivity contribution in [1.82, 2.24) is 15.6 Å². The Morgan fingerprint density at radius 1 is 1.20 bits per heavy atom. The van der Waals surface area contributed by atoms with Crippen LogP contribution < -0.4 is 16.0 Å². The Hall–Kier alpha value is -2.48. The first-order chi connectivity index (χ1) is 12.2. The Bertz CT molecular complexity index is 669. The number of aliphatic hydroxyl groups is 1. The topological polar surface area (TPSA) is 95.5 Å². The zero-order valence-corrected chi connectivity index (χ0v) is 13.8. The Morgan fingerprint density at radius 3 is 2.76 bits per heavy atom. The summed E-state index contributed by atoms with van der Waals surface area (Å²) in [6, 6.07) is 14.4. The number of aromatic nitrogens is 1. The molecular formula is C18H22N4O3. The number of rotatable bonds is 6. The van der Waals surface area contributed by atoms with Crippen LogP contribution in [0.2, 0.25) is 0 Å². The highest BCUT2D eigenvalue weighted by Crippen LogP contribution is 2.14. The van der Waals surface area contributed by atoms with E-state index in [1.54, 1.807) is 18.3 Å².